The monoisotopic (exact) mass is 455 g/mol. The van der Waals surface area contributed by atoms with Gasteiger partial charge in [0.25, 0.3) is 21.6 Å². The molecule has 0 fully saturated rings. The fourth-order valence-corrected chi connectivity index (χ4v) is 4.25. The summed E-state index contributed by atoms with van der Waals surface area (Å²) < 4.78 is 33.6. The predicted octanol–water partition coefficient (Wildman–Crippen LogP) is 4.27. The van der Waals surface area contributed by atoms with Gasteiger partial charge < -0.3 is 10.1 Å². The predicted molar refractivity (Wildman–Crippen MR) is 121 cm³/mol. The molecule has 9 nitrogen and oxygen atoms in total. The van der Waals surface area contributed by atoms with E-state index < -0.39 is 20.9 Å². The van der Waals surface area contributed by atoms with E-state index in [-0.39, 0.29) is 33.3 Å². The van der Waals surface area contributed by atoms with Gasteiger partial charge in [-0.3, -0.25) is 19.6 Å². The van der Waals surface area contributed by atoms with E-state index in [0.717, 1.165) is 5.56 Å². The van der Waals surface area contributed by atoms with E-state index in [1.165, 1.54) is 50.4 Å². The number of carbonyl (C=O) groups is 1. The number of rotatable bonds is 7. The minimum Gasteiger partial charge on any atom is -0.495 e. The maximum Gasteiger partial charge on any atom is 0.274 e. The first-order valence-electron chi connectivity index (χ1n) is 9.46. The Morgan fingerprint density at radius 2 is 1.72 bits per heavy atom. The summed E-state index contributed by atoms with van der Waals surface area (Å²) in [4.78, 5) is 23.1. The summed E-state index contributed by atoms with van der Waals surface area (Å²) in [5.41, 5.74) is 1.43. The van der Waals surface area contributed by atoms with Crippen molar-refractivity contribution in [2.45, 2.75) is 18.7 Å². The lowest BCUT2D eigenvalue weighted by molar-refractivity contribution is -0.385. The summed E-state index contributed by atoms with van der Waals surface area (Å²) in [7, 11) is -2.71. The molecule has 3 aromatic rings. The zero-order valence-corrected chi connectivity index (χ0v) is 18.4. The van der Waals surface area contributed by atoms with Crippen LogP contribution in [0.2, 0.25) is 0 Å². The van der Waals surface area contributed by atoms with Crippen LogP contribution in [0.5, 0.6) is 5.75 Å². The molecule has 0 bridgehead atoms. The molecule has 0 aliphatic heterocycles. The average Bonchev–Trinajstić information content (AvgIpc) is 2.75. The van der Waals surface area contributed by atoms with Crippen LogP contribution in [-0.2, 0) is 10.0 Å². The number of ether oxygens (including phenoxy) is 1. The highest BCUT2D eigenvalue weighted by Crippen LogP contribution is 2.31. The zero-order chi connectivity index (χ0) is 23.5. The normalized spacial score (nSPS) is 11.0. The number of methoxy groups -OCH3 is 1. The first kappa shape index (κ1) is 22.8. The van der Waals surface area contributed by atoms with Crippen molar-refractivity contribution in [1.29, 1.82) is 0 Å². The second kappa shape index (κ2) is 9.06. The fraction of sp³-hybridized carbons (Fsp3) is 0.136. The van der Waals surface area contributed by atoms with Gasteiger partial charge in [-0.25, -0.2) is 8.42 Å². The van der Waals surface area contributed by atoms with Gasteiger partial charge in [0.1, 0.15) is 5.75 Å². The lowest BCUT2D eigenvalue weighted by Gasteiger charge is -2.15. The summed E-state index contributed by atoms with van der Waals surface area (Å²) in [6.45, 7) is 3.25. The van der Waals surface area contributed by atoms with Crippen LogP contribution >= 0.6 is 0 Å². The molecule has 10 heteroatoms. The van der Waals surface area contributed by atoms with E-state index in [9.17, 15) is 23.3 Å². The van der Waals surface area contributed by atoms with E-state index in [1.807, 2.05) is 6.07 Å². The molecule has 166 valence electrons. The Bertz CT molecular complexity index is 1300. The summed E-state index contributed by atoms with van der Waals surface area (Å²) in [5, 5.41) is 13.8. The van der Waals surface area contributed by atoms with Gasteiger partial charge in [0.15, 0.2) is 0 Å². The Balaban J connectivity index is 1.95. The topological polar surface area (TPSA) is 128 Å². The SMILES string of the molecule is COc1ccc(S(=O)(=O)Nc2cccc([N+](=O)[O-])c2C)cc1NC(=O)c1ccccc1C. The Kier molecular flexibility index (Phi) is 6.45. The minimum atomic E-state index is -4.11. The van der Waals surface area contributed by atoms with Crippen molar-refractivity contribution in [3.05, 3.63) is 87.5 Å². The summed E-state index contributed by atoms with van der Waals surface area (Å²) in [5.74, 6) is -0.143. The number of nitrogens with one attached hydrogen (secondary N) is 2. The maximum atomic E-state index is 13.0. The minimum absolute atomic E-state index is 0.0838. The van der Waals surface area contributed by atoms with E-state index in [2.05, 4.69) is 10.0 Å². The molecule has 0 saturated carbocycles. The van der Waals surface area contributed by atoms with Gasteiger partial charge in [0.05, 0.1) is 33.9 Å². The number of aryl methyl sites for hydroxylation is 1. The first-order chi connectivity index (χ1) is 15.1. The molecular formula is C22H21N3O6S. The number of anilines is 2. The molecule has 0 saturated heterocycles. The molecule has 3 rings (SSSR count). The van der Waals surface area contributed by atoms with Crippen molar-refractivity contribution >= 4 is 33.0 Å². The molecule has 32 heavy (non-hydrogen) atoms. The fourth-order valence-electron chi connectivity index (χ4n) is 3.10. The number of nitro groups is 1. The standard InChI is InChI=1S/C22H21N3O6S/c1-14-7-4-5-8-17(14)22(26)23-19-13-16(11-12-21(19)31-3)32(29,30)24-18-9-6-10-20(15(18)2)25(27)28/h4-13,24H,1-3H3,(H,23,26). The van der Waals surface area contributed by atoms with Crippen LogP contribution in [0.3, 0.4) is 0 Å². The van der Waals surface area contributed by atoms with Gasteiger partial charge in [0.2, 0.25) is 0 Å². The molecule has 0 aliphatic carbocycles. The van der Waals surface area contributed by atoms with Crippen LogP contribution in [-0.4, -0.2) is 26.4 Å². The highest BCUT2D eigenvalue weighted by Gasteiger charge is 2.21. The van der Waals surface area contributed by atoms with Crippen LogP contribution in [0.1, 0.15) is 21.5 Å². The Morgan fingerprint density at radius 1 is 1.00 bits per heavy atom. The lowest BCUT2D eigenvalue weighted by Crippen LogP contribution is -2.17. The van der Waals surface area contributed by atoms with Crippen molar-refractivity contribution < 1.29 is 22.9 Å². The molecule has 0 aliphatic rings. The van der Waals surface area contributed by atoms with Crippen LogP contribution in [0.15, 0.2) is 65.6 Å². The van der Waals surface area contributed by atoms with Gasteiger partial charge >= 0.3 is 0 Å². The third kappa shape index (κ3) is 4.70. The van der Waals surface area contributed by atoms with Crippen molar-refractivity contribution in [2.75, 3.05) is 17.1 Å². The number of carbonyl (C=O) groups excluding carboxylic acids is 1. The maximum absolute atomic E-state index is 13.0. The molecule has 0 aromatic heterocycles. The van der Waals surface area contributed by atoms with Gasteiger partial charge in [-0.05, 0) is 49.7 Å². The van der Waals surface area contributed by atoms with Crippen molar-refractivity contribution in [2.24, 2.45) is 0 Å². The molecule has 2 N–H and O–H groups in total. The van der Waals surface area contributed by atoms with E-state index in [1.54, 1.807) is 25.1 Å². The van der Waals surface area contributed by atoms with Gasteiger partial charge in [0, 0.05) is 11.6 Å². The smallest absolute Gasteiger partial charge is 0.274 e. The Morgan fingerprint density at radius 3 is 2.38 bits per heavy atom. The van der Waals surface area contributed by atoms with Crippen LogP contribution in [0, 0.1) is 24.0 Å². The van der Waals surface area contributed by atoms with Crippen molar-refractivity contribution in [1.82, 2.24) is 0 Å². The summed E-state index contributed by atoms with van der Waals surface area (Å²) in [6, 6.07) is 15.1. The third-order valence-corrected chi connectivity index (χ3v) is 6.23. The largest absolute Gasteiger partial charge is 0.495 e. The number of benzene rings is 3. The molecule has 1 amide bonds. The van der Waals surface area contributed by atoms with E-state index in [0.29, 0.717) is 5.56 Å². The molecule has 0 spiro atoms. The first-order valence-corrected chi connectivity index (χ1v) is 10.9. The third-order valence-electron chi connectivity index (χ3n) is 4.87. The van der Waals surface area contributed by atoms with Crippen molar-refractivity contribution in [3.8, 4) is 5.75 Å². The van der Waals surface area contributed by atoms with E-state index in [4.69, 9.17) is 4.74 Å². The molecule has 0 unspecified atom stereocenters. The summed E-state index contributed by atoms with van der Waals surface area (Å²) in [6.07, 6.45) is 0. The highest BCUT2D eigenvalue weighted by atomic mass is 32.2. The van der Waals surface area contributed by atoms with Crippen molar-refractivity contribution in [3.63, 3.8) is 0 Å². The van der Waals surface area contributed by atoms with Crippen LogP contribution < -0.4 is 14.8 Å². The molecular weight excluding hydrogens is 434 g/mol. The quantitative estimate of drug-likeness (QED) is 0.404. The second-order valence-electron chi connectivity index (χ2n) is 6.94. The lowest BCUT2D eigenvalue weighted by atomic mass is 10.1. The number of sulfonamides is 1. The Hall–Kier alpha value is -3.92. The van der Waals surface area contributed by atoms with Crippen LogP contribution in [0.4, 0.5) is 17.1 Å². The number of nitrogens with zero attached hydrogens (tertiary/aromatic N) is 1. The average molecular weight is 455 g/mol. The van der Waals surface area contributed by atoms with Gasteiger partial charge in [-0.1, -0.05) is 24.3 Å². The number of hydrogen-bond acceptors (Lipinski definition) is 6. The van der Waals surface area contributed by atoms with Crippen LogP contribution in [0.25, 0.3) is 0 Å². The summed E-state index contributed by atoms with van der Waals surface area (Å²) >= 11 is 0. The van der Waals surface area contributed by atoms with Gasteiger partial charge in [-0.2, -0.15) is 0 Å². The number of hydrogen-bond donors (Lipinski definition) is 2. The second-order valence-corrected chi connectivity index (χ2v) is 8.63. The molecule has 3 aromatic carbocycles. The van der Waals surface area contributed by atoms with Gasteiger partial charge in [-0.15, -0.1) is 0 Å². The molecule has 0 radical (unpaired) electrons. The molecule has 0 heterocycles. The number of amides is 1. The van der Waals surface area contributed by atoms with E-state index >= 15 is 0 Å². The molecule has 0 atom stereocenters. The Labute approximate surface area is 185 Å². The zero-order valence-electron chi connectivity index (χ0n) is 17.6. The highest BCUT2D eigenvalue weighted by molar-refractivity contribution is 7.92. The number of nitro benzene ring substituents is 1.